The lowest BCUT2D eigenvalue weighted by Gasteiger charge is -2.22. The molecule has 1 aliphatic heterocycles. The first-order valence-electron chi connectivity index (χ1n) is 12.5. The number of ether oxygens (including phenoxy) is 1. The number of hydrogen-bond donors (Lipinski definition) is 4. The van der Waals surface area contributed by atoms with Gasteiger partial charge in [0.15, 0.2) is 0 Å². The van der Waals surface area contributed by atoms with Crippen molar-refractivity contribution in [3.05, 3.63) is 0 Å². The van der Waals surface area contributed by atoms with Crippen molar-refractivity contribution < 1.29 is 14.9 Å². The van der Waals surface area contributed by atoms with Gasteiger partial charge in [0, 0.05) is 6.04 Å². The van der Waals surface area contributed by atoms with Crippen LogP contribution in [0.15, 0.2) is 0 Å². The molecule has 0 saturated carbocycles. The smallest absolute Gasteiger partial charge is 0.0975 e. The van der Waals surface area contributed by atoms with E-state index in [0.717, 1.165) is 25.8 Å². The zero-order chi connectivity index (χ0) is 21.3. The van der Waals surface area contributed by atoms with Crippen LogP contribution in [-0.4, -0.2) is 53.8 Å². The fourth-order valence-electron chi connectivity index (χ4n) is 4.17. The molecule has 1 heterocycles. The summed E-state index contributed by atoms with van der Waals surface area (Å²) in [6.07, 6.45) is 18.1. The molecule has 1 fully saturated rings. The fraction of sp³-hybridized carbons (Fsp3) is 1.00. The van der Waals surface area contributed by atoms with Crippen molar-refractivity contribution in [3.63, 3.8) is 0 Å². The second-order valence-corrected chi connectivity index (χ2v) is 9.16. The zero-order valence-corrected chi connectivity index (χ0v) is 19.3. The molecule has 0 bridgehead atoms. The second-order valence-electron chi connectivity index (χ2n) is 9.16. The van der Waals surface area contributed by atoms with Crippen molar-refractivity contribution in [1.82, 2.24) is 5.32 Å². The Kier molecular flexibility index (Phi) is 16.2. The van der Waals surface area contributed by atoms with Gasteiger partial charge in [-0.3, -0.25) is 0 Å². The minimum atomic E-state index is -0.567. The van der Waals surface area contributed by atoms with Crippen LogP contribution in [0.4, 0.5) is 0 Å². The molecule has 0 aromatic carbocycles. The summed E-state index contributed by atoms with van der Waals surface area (Å²) in [6, 6.07) is -0.196. The Morgan fingerprint density at radius 2 is 1.45 bits per heavy atom. The highest BCUT2D eigenvalue weighted by atomic mass is 16.5. The van der Waals surface area contributed by atoms with Crippen molar-refractivity contribution in [2.75, 3.05) is 13.2 Å². The van der Waals surface area contributed by atoms with Gasteiger partial charge in [0.25, 0.3) is 0 Å². The summed E-state index contributed by atoms with van der Waals surface area (Å²) in [5, 5.41) is 23.6. The summed E-state index contributed by atoms with van der Waals surface area (Å²) in [6.45, 7) is 5.47. The Morgan fingerprint density at radius 3 is 1.93 bits per heavy atom. The van der Waals surface area contributed by atoms with Crippen molar-refractivity contribution in [2.45, 2.75) is 141 Å². The van der Waals surface area contributed by atoms with Crippen molar-refractivity contribution in [3.8, 4) is 0 Å². The van der Waals surface area contributed by atoms with Gasteiger partial charge in [-0.15, -0.1) is 0 Å². The molecular formula is C24H50N2O3. The highest BCUT2D eigenvalue weighted by molar-refractivity contribution is 4.86. The molecule has 1 rings (SSSR count). The minimum Gasteiger partial charge on any atom is -0.392 e. The summed E-state index contributed by atoms with van der Waals surface area (Å²) in [5.41, 5.74) is 5.75. The number of aliphatic hydroxyl groups excluding tert-OH is 2. The number of unbranched alkanes of at least 4 members (excludes halogenated alkanes) is 12. The molecule has 1 saturated heterocycles. The minimum absolute atomic E-state index is 0.0690. The summed E-state index contributed by atoms with van der Waals surface area (Å²) >= 11 is 0. The molecule has 0 unspecified atom stereocenters. The van der Waals surface area contributed by atoms with E-state index in [1.165, 1.54) is 77.0 Å². The van der Waals surface area contributed by atoms with Gasteiger partial charge < -0.3 is 26.0 Å². The van der Waals surface area contributed by atoms with Gasteiger partial charge in [-0.25, -0.2) is 0 Å². The molecule has 29 heavy (non-hydrogen) atoms. The van der Waals surface area contributed by atoms with Crippen LogP contribution in [0.25, 0.3) is 0 Å². The quantitative estimate of drug-likeness (QED) is 0.237. The third kappa shape index (κ3) is 13.0. The van der Waals surface area contributed by atoms with Crippen LogP contribution in [0.2, 0.25) is 0 Å². The lowest BCUT2D eigenvalue weighted by molar-refractivity contribution is 0.0342. The van der Waals surface area contributed by atoms with Gasteiger partial charge in [0.1, 0.15) is 0 Å². The van der Waals surface area contributed by atoms with Gasteiger partial charge in [-0.1, -0.05) is 90.4 Å². The van der Waals surface area contributed by atoms with Gasteiger partial charge in [0.05, 0.1) is 31.0 Å². The molecule has 1 aliphatic rings. The second kappa shape index (κ2) is 17.5. The number of aliphatic hydroxyl groups is 2. The molecule has 5 N–H and O–H groups in total. The average Bonchev–Trinajstić information content (AvgIpc) is 3.03. The van der Waals surface area contributed by atoms with Crippen molar-refractivity contribution in [2.24, 2.45) is 5.73 Å². The van der Waals surface area contributed by atoms with Crippen LogP contribution in [0.1, 0.15) is 110 Å². The first kappa shape index (κ1) is 26.8. The van der Waals surface area contributed by atoms with E-state index >= 15 is 0 Å². The third-order valence-corrected chi connectivity index (χ3v) is 6.40. The van der Waals surface area contributed by atoms with Crippen LogP contribution in [-0.2, 0) is 4.74 Å². The predicted molar refractivity (Wildman–Crippen MR) is 122 cm³/mol. The Balaban J connectivity index is 1.86. The predicted octanol–water partition coefficient (Wildman–Crippen LogP) is 4.28. The highest BCUT2D eigenvalue weighted by Gasteiger charge is 2.32. The normalized spacial score (nSPS) is 24.1. The molecule has 5 atom stereocenters. The van der Waals surface area contributed by atoms with Crippen LogP contribution in [0.3, 0.4) is 0 Å². The Hall–Kier alpha value is -0.200. The summed E-state index contributed by atoms with van der Waals surface area (Å²) in [5.74, 6) is 0. The van der Waals surface area contributed by atoms with Gasteiger partial charge in [-0.05, 0) is 26.3 Å². The standard InChI is InChI=1S/C24H50N2O3/c1-3-4-5-6-7-8-9-10-11-12-13-14-15-16-22(27)20(2)26-18-17-23-24(28)21(25)19-29-23/h20-24,26-28H,3-19,25H2,1-2H3/t20-,21+,22+,23+,24+/m1/s1. The maximum absolute atomic E-state index is 10.3. The van der Waals surface area contributed by atoms with Gasteiger partial charge in [0.2, 0.25) is 0 Å². The first-order valence-corrected chi connectivity index (χ1v) is 12.5. The Bertz CT molecular complexity index is 370. The third-order valence-electron chi connectivity index (χ3n) is 6.40. The summed E-state index contributed by atoms with van der Waals surface area (Å²) in [7, 11) is 0. The van der Waals surface area contributed by atoms with E-state index in [0.29, 0.717) is 6.61 Å². The Morgan fingerprint density at radius 1 is 0.931 bits per heavy atom. The lowest BCUT2D eigenvalue weighted by Crippen LogP contribution is -2.41. The number of rotatable bonds is 19. The lowest BCUT2D eigenvalue weighted by atomic mass is 10.0. The fourth-order valence-corrected chi connectivity index (χ4v) is 4.17. The molecule has 0 aromatic heterocycles. The largest absolute Gasteiger partial charge is 0.392 e. The number of nitrogens with one attached hydrogen (secondary N) is 1. The molecule has 0 aromatic rings. The molecule has 5 nitrogen and oxygen atoms in total. The molecule has 5 heteroatoms. The molecule has 0 amide bonds. The zero-order valence-electron chi connectivity index (χ0n) is 19.3. The van der Waals surface area contributed by atoms with Gasteiger partial charge >= 0.3 is 0 Å². The van der Waals surface area contributed by atoms with Crippen LogP contribution >= 0.6 is 0 Å². The average molecular weight is 415 g/mol. The van der Waals surface area contributed by atoms with E-state index in [1.54, 1.807) is 0 Å². The van der Waals surface area contributed by atoms with Crippen LogP contribution in [0.5, 0.6) is 0 Å². The summed E-state index contributed by atoms with van der Waals surface area (Å²) < 4.78 is 5.50. The maximum Gasteiger partial charge on any atom is 0.0975 e. The van der Waals surface area contributed by atoms with E-state index in [2.05, 4.69) is 12.2 Å². The molecular weight excluding hydrogens is 364 g/mol. The first-order chi connectivity index (χ1) is 14.1. The van der Waals surface area contributed by atoms with Crippen molar-refractivity contribution >= 4 is 0 Å². The van der Waals surface area contributed by atoms with E-state index in [-0.39, 0.29) is 24.3 Å². The van der Waals surface area contributed by atoms with E-state index < -0.39 is 6.10 Å². The molecule has 0 aliphatic carbocycles. The summed E-state index contributed by atoms with van der Waals surface area (Å²) in [4.78, 5) is 0. The SMILES string of the molecule is CCCCCCCCCCCCCCC[C@H](O)[C@@H](C)NCC[C@@H]1OC[C@H](N)[C@@H]1O. The highest BCUT2D eigenvalue weighted by Crippen LogP contribution is 2.16. The van der Waals surface area contributed by atoms with Crippen molar-refractivity contribution in [1.29, 1.82) is 0 Å². The van der Waals surface area contributed by atoms with E-state index in [4.69, 9.17) is 10.5 Å². The maximum atomic E-state index is 10.3. The molecule has 174 valence electrons. The molecule has 0 spiro atoms. The molecule has 0 radical (unpaired) electrons. The number of nitrogens with two attached hydrogens (primary N) is 1. The van der Waals surface area contributed by atoms with Crippen LogP contribution < -0.4 is 11.1 Å². The number of hydrogen-bond acceptors (Lipinski definition) is 5. The monoisotopic (exact) mass is 414 g/mol. The van der Waals surface area contributed by atoms with E-state index in [9.17, 15) is 10.2 Å². The Labute approximate surface area is 180 Å². The van der Waals surface area contributed by atoms with Crippen LogP contribution in [0, 0.1) is 0 Å². The topological polar surface area (TPSA) is 87.7 Å². The van der Waals surface area contributed by atoms with E-state index in [1.807, 2.05) is 6.92 Å². The van der Waals surface area contributed by atoms with Gasteiger partial charge in [-0.2, -0.15) is 0 Å².